The van der Waals surface area contributed by atoms with Gasteiger partial charge in [0, 0.05) is 68.5 Å². The number of β-amino-alcohol motifs (C(OH)–C–C–N with tert-alkyl or cyclic N) is 1. The summed E-state index contributed by atoms with van der Waals surface area (Å²) in [5, 5.41) is 17.2. The van der Waals surface area contributed by atoms with Gasteiger partial charge in [-0.05, 0) is 91.0 Å². The molecule has 0 radical (unpaired) electrons. The topological polar surface area (TPSA) is 163 Å². The third kappa shape index (κ3) is 11.3. The van der Waals surface area contributed by atoms with Crippen LogP contribution in [0.3, 0.4) is 0 Å². The molecular formula is C55H72N6O8. The molecule has 0 aliphatic carbocycles. The van der Waals surface area contributed by atoms with Gasteiger partial charge in [-0.2, -0.15) is 0 Å². The van der Waals surface area contributed by atoms with Crippen LogP contribution < -0.4 is 10.7 Å². The van der Waals surface area contributed by atoms with Crippen molar-refractivity contribution in [2.24, 2.45) is 11.3 Å². The third-order valence-corrected chi connectivity index (χ3v) is 14.0. The van der Waals surface area contributed by atoms with E-state index < -0.39 is 58.8 Å². The molecule has 6 bridgehead atoms. The van der Waals surface area contributed by atoms with Crippen LogP contribution in [0.25, 0.3) is 33.3 Å². The summed E-state index contributed by atoms with van der Waals surface area (Å²) in [6.45, 7) is 13.8. The molecule has 4 heterocycles. The Hall–Kier alpha value is -5.83. The summed E-state index contributed by atoms with van der Waals surface area (Å²) in [5.41, 5.74) is 9.23. The zero-order chi connectivity index (χ0) is 49.6. The molecule has 4 amide bonds. The van der Waals surface area contributed by atoms with Crippen LogP contribution in [-0.2, 0) is 59.3 Å². The van der Waals surface area contributed by atoms with E-state index in [0.717, 1.165) is 64.7 Å². The molecule has 1 aromatic heterocycles. The van der Waals surface area contributed by atoms with Crippen LogP contribution >= 0.6 is 0 Å². The first-order chi connectivity index (χ1) is 33.0. The number of hydrazine groups is 1. The summed E-state index contributed by atoms with van der Waals surface area (Å²) in [5.74, 6) is -2.84. The first kappa shape index (κ1) is 51.0. The first-order valence-corrected chi connectivity index (χ1v) is 24.8. The maximum Gasteiger partial charge on any atom is 0.324 e. The van der Waals surface area contributed by atoms with Crippen molar-refractivity contribution in [1.29, 1.82) is 0 Å². The number of hydrogen-bond acceptors (Lipinski definition) is 9. The summed E-state index contributed by atoms with van der Waals surface area (Å²) in [6, 6.07) is 20.1. The van der Waals surface area contributed by atoms with Crippen molar-refractivity contribution in [2.45, 2.75) is 123 Å². The van der Waals surface area contributed by atoms with E-state index in [1.807, 2.05) is 19.1 Å². The number of cyclic esters (lactones) is 1. The number of likely N-dealkylation sites (N-methyl/N-ethyl adjacent to an activating group) is 1. The largest absolute Gasteiger partial charge is 0.464 e. The Bertz CT molecular complexity index is 2560. The van der Waals surface area contributed by atoms with Gasteiger partial charge in [0.15, 0.2) is 5.60 Å². The molecule has 14 nitrogen and oxygen atoms in total. The number of nitrogens with one attached hydrogen (secondary N) is 2. The number of aliphatic hydroxyl groups is 1. The maximum atomic E-state index is 14.8. The van der Waals surface area contributed by atoms with E-state index in [1.165, 1.54) is 39.1 Å². The fourth-order valence-electron chi connectivity index (χ4n) is 10.4. The average Bonchev–Trinajstić information content (AvgIpc) is 3.89. The smallest absolute Gasteiger partial charge is 0.324 e. The number of ether oxygens (including phenoxy) is 2. The SMILES string of the molecule is CCC/C=C/C(=O)N1CC[C@](O)(C(=O)N(C)[C@H](C(=O)N[C@H]2Cc3cccc(c3)-c3ccc4c(c3)c(c(-c3ccccc3CCOC)n4CC)CC(C)(C)COC(=O)[C@@H]3CCCN(N3)C2=O)C(C)C)C1. The number of unbranched alkanes of at least 4 members (excludes halogenated alkanes) is 1. The number of likely N-dealkylation sites (tertiary alicyclic amines) is 1. The molecule has 14 heteroatoms. The number of rotatable bonds is 13. The van der Waals surface area contributed by atoms with Crippen LogP contribution in [0, 0.1) is 11.3 Å². The number of carbonyl (C=O) groups is 5. The summed E-state index contributed by atoms with van der Waals surface area (Å²) in [7, 11) is 3.20. The number of amides is 4. The summed E-state index contributed by atoms with van der Waals surface area (Å²) in [6.07, 6.45) is 7.38. The number of aryl methyl sites for hydroxylation is 1. The van der Waals surface area contributed by atoms with E-state index in [4.69, 9.17) is 9.47 Å². The highest BCUT2D eigenvalue weighted by Gasteiger charge is 2.48. The first-order valence-electron chi connectivity index (χ1n) is 24.8. The lowest BCUT2D eigenvalue weighted by Crippen LogP contribution is -2.63. The quantitative estimate of drug-likeness (QED) is 0.0987. The molecule has 3 aromatic carbocycles. The Morgan fingerprint density at radius 2 is 1.80 bits per heavy atom. The van der Waals surface area contributed by atoms with Gasteiger partial charge in [-0.1, -0.05) is 102 Å². The lowest BCUT2D eigenvalue weighted by atomic mass is 9.83. The number of fused-ring (bicyclic) bond motifs is 6. The van der Waals surface area contributed by atoms with Gasteiger partial charge in [0.2, 0.25) is 11.8 Å². The molecular weight excluding hydrogens is 873 g/mol. The number of allylic oxidation sites excluding steroid dienone is 1. The second-order valence-electron chi connectivity index (χ2n) is 20.3. The average molecular weight is 945 g/mol. The van der Waals surface area contributed by atoms with Crippen molar-refractivity contribution < 1.29 is 38.6 Å². The lowest BCUT2D eigenvalue weighted by molar-refractivity contribution is -0.156. The van der Waals surface area contributed by atoms with Gasteiger partial charge in [-0.15, -0.1) is 0 Å². The van der Waals surface area contributed by atoms with Gasteiger partial charge in [0.1, 0.15) is 18.1 Å². The van der Waals surface area contributed by atoms with Crippen molar-refractivity contribution >= 4 is 40.5 Å². The Morgan fingerprint density at radius 3 is 2.54 bits per heavy atom. The van der Waals surface area contributed by atoms with E-state index in [0.29, 0.717) is 32.4 Å². The number of aromatic nitrogens is 1. The van der Waals surface area contributed by atoms with Crippen LogP contribution in [-0.4, -0.2) is 125 Å². The van der Waals surface area contributed by atoms with E-state index >= 15 is 0 Å². The van der Waals surface area contributed by atoms with Gasteiger partial charge in [-0.3, -0.25) is 29.0 Å². The van der Waals surface area contributed by atoms with Gasteiger partial charge in [0.05, 0.1) is 25.5 Å². The second kappa shape index (κ2) is 21.9. The molecule has 2 saturated heterocycles. The Balaban J connectivity index is 1.25. The molecule has 4 atom stereocenters. The third-order valence-electron chi connectivity index (χ3n) is 14.0. The second-order valence-corrected chi connectivity index (χ2v) is 20.3. The van der Waals surface area contributed by atoms with Crippen molar-refractivity contribution in [2.75, 3.05) is 47.0 Å². The molecule has 3 aliphatic rings. The number of esters is 1. The summed E-state index contributed by atoms with van der Waals surface area (Å²) >= 11 is 0. The maximum absolute atomic E-state index is 14.8. The van der Waals surface area contributed by atoms with Crippen molar-refractivity contribution in [1.82, 2.24) is 30.1 Å². The Morgan fingerprint density at radius 1 is 1.03 bits per heavy atom. The molecule has 4 aromatic rings. The minimum atomic E-state index is -1.89. The molecule has 7 rings (SSSR count). The van der Waals surface area contributed by atoms with Crippen LogP contribution in [0.15, 0.2) is 78.9 Å². The molecule has 2 fully saturated rings. The van der Waals surface area contributed by atoms with Crippen molar-refractivity contribution in [3.05, 3.63) is 95.6 Å². The van der Waals surface area contributed by atoms with Crippen molar-refractivity contribution in [3.63, 3.8) is 0 Å². The van der Waals surface area contributed by atoms with Crippen LogP contribution in [0.2, 0.25) is 0 Å². The molecule has 69 heavy (non-hydrogen) atoms. The number of benzene rings is 3. The minimum Gasteiger partial charge on any atom is -0.464 e. The number of nitrogens with zero attached hydrogens (tertiary/aromatic N) is 4. The predicted molar refractivity (Wildman–Crippen MR) is 268 cm³/mol. The zero-order valence-corrected chi connectivity index (χ0v) is 41.8. The van der Waals surface area contributed by atoms with E-state index in [2.05, 4.69) is 90.7 Å². The fourth-order valence-corrected chi connectivity index (χ4v) is 10.4. The highest BCUT2D eigenvalue weighted by atomic mass is 16.5. The standard InChI is InChI=1S/C55H72N6O8/c1-9-11-12-22-47(62)59-28-26-55(67,34-59)53(66)58(7)48(36(3)4)50(63)56-45-31-37-17-15-19-39(30-37)40-23-24-46-42(32-40)43(49(60(46)10-2)41-20-14-13-18-38(41)25-29-68-8)33-54(5,6)35-69-52(65)44-21-16-27-61(57-44)51(45)64/h12-15,17-20,22-24,30,32,36,44-45,48,57,67H,9-11,16,21,25-29,31,33-35H2,1-8H3,(H,56,63)/b22-12+/t44-,45-,48-,55+/m0/s1. The number of hydrogen-bond donors (Lipinski definition) is 3. The number of carbonyl (C=O) groups excluding carboxylic acids is 5. The highest BCUT2D eigenvalue weighted by Crippen LogP contribution is 2.41. The van der Waals surface area contributed by atoms with Gasteiger partial charge >= 0.3 is 5.97 Å². The minimum absolute atomic E-state index is 0.0256. The Labute approximate surface area is 407 Å². The van der Waals surface area contributed by atoms with E-state index in [1.54, 1.807) is 27.0 Å². The number of methoxy groups -OCH3 is 1. The van der Waals surface area contributed by atoms with Crippen LogP contribution in [0.4, 0.5) is 0 Å². The molecule has 3 aliphatic heterocycles. The molecule has 3 N–H and O–H groups in total. The fraction of sp³-hybridized carbons (Fsp3) is 0.509. The lowest BCUT2D eigenvalue weighted by Gasteiger charge is -2.37. The van der Waals surface area contributed by atoms with Gasteiger partial charge < -0.3 is 34.3 Å². The monoisotopic (exact) mass is 945 g/mol. The predicted octanol–water partition coefficient (Wildman–Crippen LogP) is 6.64. The Kier molecular flexibility index (Phi) is 16.2. The van der Waals surface area contributed by atoms with E-state index in [9.17, 15) is 29.1 Å². The molecule has 0 saturated carbocycles. The van der Waals surface area contributed by atoms with Crippen molar-refractivity contribution in [3.8, 4) is 22.4 Å². The summed E-state index contributed by atoms with van der Waals surface area (Å²) < 4.78 is 14.1. The van der Waals surface area contributed by atoms with E-state index in [-0.39, 0.29) is 38.4 Å². The van der Waals surface area contributed by atoms with Gasteiger partial charge in [-0.25, -0.2) is 5.43 Å². The van der Waals surface area contributed by atoms with Gasteiger partial charge in [0.25, 0.3) is 11.8 Å². The highest BCUT2D eigenvalue weighted by molar-refractivity contribution is 5.97. The van der Waals surface area contributed by atoms with Crippen LogP contribution in [0.1, 0.15) is 90.3 Å². The molecule has 0 spiro atoms. The normalized spacial score (nSPS) is 21.4. The molecule has 0 unspecified atom stereocenters. The summed E-state index contributed by atoms with van der Waals surface area (Å²) in [4.78, 5) is 73.1. The van der Waals surface area contributed by atoms with Crippen LogP contribution in [0.5, 0.6) is 0 Å². The molecule has 370 valence electrons. The zero-order valence-electron chi connectivity index (χ0n) is 41.8.